The van der Waals surface area contributed by atoms with Gasteiger partial charge in [0.05, 0.1) is 12.8 Å². The van der Waals surface area contributed by atoms with Crippen molar-refractivity contribution in [3.8, 4) is 11.1 Å². The zero-order valence-corrected chi connectivity index (χ0v) is 17.0. The first-order valence-electron chi connectivity index (χ1n) is 9.87. The van der Waals surface area contributed by atoms with E-state index < -0.39 is 0 Å². The highest BCUT2D eigenvalue weighted by Gasteiger charge is 2.06. The van der Waals surface area contributed by atoms with Crippen LogP contribution >= 0.6 is 0 Å². The van der Waals surface area contributed by atoms with E-state index in [0.717, 1.165) is 22.3 Å². The Morgan fingerprint density at radius 2 is 1.33 bits per heavy atom. The number of benzene rings is 3. The van der Waals surface area contributed by atoms with Crippen molar-refractivity contribution in [3.05, 3.63) is 96.1 Å². The zero-order chi connectivity index (χ0) is 21.2. The zero-order valence-electron chi connectivity index (χ0n) is 17.0. The fourth-order valence-electron chi connectivity index (χ4n) is 2.96. The van der Waals surface area contributed by atoms with Gasteiger partial charge in [0.2, 0.25) is 11.8 Å². The van der Waals surface area contributed by atoms with E-state index in [9.17, 15) is 9.59 Å². The highest BCUT2D eigenvalue weighted by Crippen LogP contribution is 2.19. The van der Waals surface area contributed by atoms with E-state index in [1.807, 2.05) is 72.8 Å². The molecule has 0 fully saturated rings. The molecule has 0 aliphatic carbocycles. The van der Waals surface area contributed by atoms with Crippen molar-refractivity contribution in [1.82, 2.24) is 10.7 Å². The van der Waals surface area contributed by atoms with Crippen LogP contribution in [-0.4, -0.2) is 17.5 Å². The Morgan fingerprint density at radius 3 is 2.00 bits per heavy atom. The molecular formula is C25H25N3O2. The summed E-state index contributed by atoms with van der Waals surface area (Å²) >= 11 is 0. The first-order valence-corrected chi connectivity index (χ1v) is 9.87. The third-order valence-electron chi connectivity index (χ3n) is 4.55. The van der Waals surface area contributed by atoms with Gasteiger partial charge in [-0.3, -0.25) is 9.59 Å². The Labute approximate surface area is 176 Å². The maximum Gasteiger partial charge on any atom is 0.244 e. The highest BCUT2D eigenvalue weighted by molar-refractivity contribution is 6.00. The number of nitrogens with zero attached hydrogens (tertiary/aromatic N) is 1. The lowest BCUT2D eigenvalue weighted by molar-refractivity contribution is -0.121. The summed E-state index contributed by atoms with van der Waals surface area (Å²) in [5.41, 5.74) is 7.26. The molecule has 0 unspecified atom stereocenters. The van der Waals surface area contributed by atoms with Gasteiger partial charge >= 0.3 is 0 Å². The van der Waals surface area contributed by atoms with Gasteiger partial charge in [0, 0.05) is 12.3 Å². The molecule has 0 aliphatic rings. The van der Waals surface area contributed by atoms with Crippen LogP contribution in [0.4, 0.5) is 0 Å². The third-order valence-corrected chi connectivity index (χ3v) is 4.55. The van der Waals surface area contributed by atoms with Gasteiger partial charge in [-0.05, 0) is 29.2 Å². The van der Waals surface area contributed by atoms with Crippen LogP contribution in [0.15, 0.2) is 90.0 Å². The fourth-order valence-corrected chi connectivity index (χ4v) is 2.96. The van der Waals surface area contributed by atoms with E-state index in [-0.39, 0.29) is 24.7 Å². The van der Waals surface area contributed by atoms with Crippen LogP contribution in [0.5, 0.6) is 0 Å². The van der Waals surface area contributed by atoms with Gasteiger partial charge in [0.25, 0.3) is 0 Å². The minimum Gasteiger partial charge on any atom is -0.352 e. The minimum absolute atomic E-state index is 0.133. The molecule has 3 aromatic carbocycles. The van der Waals surface area contributed by atoms with Crippen molar-refractivity contribution in [2.75, 3.05) is 0 Å². The summed E-state index contributed by atoms with van der Waals surface area (Å²) in [4.78, 5) is 24.2. The Morgan fingerprint density at radius 1 is 0.733 bits per heavy atom. The molecule has 0 heterocycles. The van der Waals surface area contributed by atoms with Crippen LogP contribution in [0.1, 0.15) is 24.5 Å². The molecule has 2 amide bonds. The van der Waals surface area contributed by atoms with Gasteiger partial charge in [-0.1, -0.05) is 84.9 Å². The number of hydrogen-bond acceptors (Lipinski definition) is 3. The number of carbonyl (C=O) groups is 2. The second-order valence-corrected chi connectivity index (χ2v) is 7.06. The minimum atomic E-state index is -0.216. The van der Waals surface area contributed by atoms with Crippen LogP contribution in [0.3, 0.4) is 0 Å². The van der Waals surface area contributed by atoms with Crippen molar-refractivity contribution in [3.63, 3.8) is 0 Å². The van der Waals surface area contributed by atoms with Crippen LogP contribution in [0, 0.1) is 0 Å². The molecule has 0 radical (unpaired) electrons. The molecule has 5 nitrogen and oxygen atoms in total. The predicted octanol–water partition coefficient (Wildman–Crippen LogP) is 4.09. The Balaban J connectivity index is 1.43. The second kappa shape index (κ2) is 10.7. The molecule has 0 atom stereocenters. The van der Waals surface area contributed by atoms with Gasteiger partial charge in [-0.2, -0.15) is 5.10 Å². The van der Waals surface area contributed by atoms with Gasteiger partial charge < -0.3 is 5.32 Å². The average Bonchev–Trinajstić information content (AvgIpc) is 2.78. The maximum atomic E-state index is 12.1. The molecule has 3 rings (SSSR count). The van der Waals surface area contributed by atoms with Crippen molar-refractivity contribution in [1.29, 1.82) is 0 Å². The van der Waals surface area contributed by atoms with Crippen molar-refractivity contribution in [2.24, 2.45) is 5.10 Å². The summed E-state index contributed by atoms with van der Waals surface area (Å²) in [5, 5.41) is 6.88. The number of rotatable bonds is 8. The first-order chi connectivity index (χ1) is 14.6. The van der Waals surface area contributed by atoms with Crippen molar-refractivity contribution >= 4 is 17.5 Å². The van der Waals surface area contributed by atoms with Gasteiger partial charge in [-0.15, -0.1) is 0 Å². The summed E-state index contributed by atoms with van der Waals surface area (Å²) in [6, 6.07) is 27.7. The number of nitrogens with one attached hydrogen (secondary N) is 2. The smallest absolute Gasteiger partial charge is 0.244 e. The Kier molecular flexibility index (Phi) is 7.50. The number of hydrazone groups is 1. The first kappa shape index (κ1) is 21.0. The van der Waals surface area contributed by atoms with E-state index in [2.05, 4.69) is 28.0 Å². The number of hydrogen-bond donors (Lipinski definition) is 2. The fraction of sp³-hybridized carbons (Fsp3) is 0.160. The van der Waals surface area contributed by atoms with Gasteiger partial charge in [0.15, 0.2) is 0 Å². The summed E-state index contributed by atoms with van der Waals surface area (Å²) in [6.45, 7) is 2.19. The summed E-state index contributed by atoms with van der Waals surface area (Å²) in [7, 11) is 0. The van der Waals surface area contributed by atoms with E-state index in [1.165, 1.54) is 0 Å². The number of carbonyl (C=O) groups excluding carboxylic acids is 2. The maximum absolute atomic E-state index is 12.1. The molecule has 2 N–H and O–H groups in total. The Bertz CT molecular complexity index is 998. The molecule has 0 aliphatic heterocycles. The number of amides is 2. The monoisotopic (exact) mass is 399 g/mol. The largest absolute Gasteiger partial charge is 0.352 e. The molecule has 0 aromatic heterocycles. The molecule has 152 valence electrons. The van der Waals surface area contributed by atoms with E-state index >= 15 is 0 Å². The molecule has 0 spiro atoms. The standard InChI is InChI=1S/C25H25N3O2/c1-19(16-24(29)26-18-21-8-4-2-5-9-21)27-28-25(30)17-20-12-14-23(15-13-20)22-10-6-3-7-11-22/h2-15H,16-18H2,1H3,(H,26,29)(H,28,30)/b27-19+. The summed E-state index contributed by atoms with van der Waals surface area (Å²) < 4.78 is 0. The highest BCUT2D eigenvalue weighted by atomic mass is 16.2. The van der Waals surface area contributed by atoms with Crippen LogP contribution in [0.25, 0.3) is 11.1 Å². The summed E-state index contributed by atoms with van der Waals surface area (Å²) in [5.74, 6) is -0.350. The Hall–Kier alpha value is -3.73. The predicted molar refractivity (Wildman–Crippen MR) is 120 cm³/mol. The lowest BCUT2D eigenvalue weighted by atomic mass is 10.0. The molecule has 0 saturated heterocycles. The van der Waals surface area contributed by atoms with Crippen molar-refractivity contribution < 1.29 is 9.59 Å². The lowest BCUT2D eigenvalue weighted by Crippen LogP contribution is -2.26. The quantitative estimate of drug-likeness (QED) is 0.442. The topological polar surface area (TPSA) is 70.6 Å². The van der Waals surface area contributed by atoms with E-state index in [4.69, 9.17) is 0 Å². The SMILES string of the molecule is C/C(CC(=O)NCc1ccccc1)=N\NC(=O)Cc1ccc(-c2ccccc2)cc1. The van der Waals surface area contributed by atoms with E-state index in [1.54, 1.807) is 6.92 Å². The average molecular weight is 399 g/mol. The third kappa shape index (κ3) is 6.71. The second-order valence-electron chi connectivity index (χ2n) is 7.06. The van der Waals surface area contributed by atoms with Crippen LogP contribution in [0.2, 0.25) is 0 Å². The van der Waals surface area contributed by atoms with E-state index in [0.29, 0.717) is 12.3 Å². The van der Waals surface area contributed by atoms with Gasteiger partial charge in [-0.25, -0.2) is 5.43 Å². The normalized spacial score (nSPS) is 11.0. The lowest BCUT2D eigenvalue weighted by Gasteiger charge is -2.06. The van der Waals surface area contributed by atoms with Gasteiger partial charge in [0.1, 0.15) is 0 Å². The molecule has 30 heavy (non-hydrogen) atoms. The molecule has 0 bridgehead atoms. The van der Waals surface area contributed by atoms with Crippen LogP contribution < -0.4 is 10.7 Å². The molecule has 3 aromatic rings. The van der Waals surface area contributed by atoms with Crippen molar-refractivity contribution in [2.45, 2.75) is 26.3 Å². The molecule has 5 heteroatoms. The molecular weight excluding hydrogens is 374 g/mol. The molecule has 0 saturated carbocycles. The summed E-state index contributed by atoms with van der Waals surface area (Å²) in [6.07, 6.45) is 0.366. The van der Waals surface area contributed by atoms with Crippen LogP contribution in [-0.2, 0) is 22.6 Å².